The van der Waals surface area contributed by atoms with E-state index in [0.29, 0.717) is 6.54 Å². The summed E-state index contributed by atoms with van der Waals surface area (Å²) >= 11 is 0. The van der Waals surface area contributed by atoms with Gasteiger partial charge in [0.15, 0.2) is 0 Å². The van der Waals surface area contributed by atoms with Crippen molar-refractivity contribution in [3.63, 3.8) is 0 Å². The molecule has 0 atom stereocenters. The zero-order chi connectivity index (χ0) is 11.4. The van der Waals surface area contributed by atoms with Gasteiger partial charge in [0, 0.05) is 18.9 Å². The van der Waals surface area contributed by atoms with Crippen molar-refractivity contribution in [3.8, 4) is 0 Å². The minimum absolute atomic E-state index is 0.293. The van der Waals surface area contributed by atoms with Crippen molar-refractivity contribution >= 4 is 11.0 Å². The average Bonchev–Trinajstić information content (AvgIpc) is 2.28. The highest BCUT2D eigenvalue weighted by Gasteiger charge is 2.02. The predicted octanol–water partition coefficient (Wildman–Crippen LogP) is 1.98. The lowest BCUT2D eigenvalue weighted by Crippen LogP contribution is -2.20. The fraction of sp³-hybridized carbons (Fsp3) is 0.273. The number of rotatable bonds is 4. The second-order valence-electron chi connectivity index (χ2n) is 3.40. The van der Waals surface area contributed by atoms with Crippen LogP contribution in [0.2, 0.25) is 0 Å². The van der Waals surface area contributed by atoms with E-state index in [0.717, 1.165) is 16.6 Å². The number of hydrogen-bond donors (Lipinski definition) is 1. The molecule has 0 unspecified atom stereocenters. The van der Waals surface area contributed by atoms with Crippen LogP contribution >= 0.6 is 0 Å². The first kappa shape index (κ1) is 10.9. The number of benzene rings is 1. The molecule has 1 aromatic heterocycles. The molecule has 2 rings (SSSR count). The number of nitrogens with one attached hydrogen (secondary N) is 1. The fourth-order valence-electron chi connectivity index (χ4n) is 1.44. The molecule has 0 radical (unpaired) electrons. The van der Waals surface area contributed by atoms with Gasteiger partial charge in [0.1, 0.15) is 0 Å². The topological polar surface area (TPSA) is 37.8 Å². The molecule has 0 aliphatic carbocycles. The maximum atomic E-state index is 11.9. The van der Waals surface area contributed by atoms with Crippen molar-refractivity contribution in [1.29, 1.82) is 0 Å². The second kappa shape index (κ2) is 4.94. The van der Waals surface area contributed by atoms with Crippen LogP contribution in [0.4, 0.5) is 8.78 Å². The van der Waals surface area contributed by atoms with Crippen LogP contribution in [0.3, 0.4) is 0 Å². The molecule has 1 N–H and O–H groups in total. The zero-order valence-corrected chi connectivity index (χ0v) is 8.53. The molecule has 0 fully saturated rings. The third-order valence-corrected chi connectivity index (χ3v) is 2.16. The van der Waals surface area contributed by atoms with Crippen LogP contribution in [0.5, 0.6) is 0 Å². The lowest BCUT2D eigenvalue weighted by Gasteiger charge is -2.04. The van der Waals surface area contributed by atoms with Crippen LogP contribution in [-0.2, 0) is 6.54 Å². The molecule has 0 aliphatic heterocycles. The van der Waals surface area contributed by atoms with Gasteiger partial charge in [-0.05, 0) is 17.7 Å². The van der Waals surface area contributed by atoms with Crippen molar-refractivity contribution in [2.24, 2.45) is 0 Å². The van der Waals surface area contributed by atoms with Crippen LogP contribution in [0.25, 0.3) is 11.0 Å². The van der Waals surface area contributed by atoms with E-state index in [2.05, 4.69) is 15.3 Å². The zero-order valence-electron chi connectivity index (χ0n) is 8.53. The number of nitrogens with zero attached hydrogens (tertiary/aromatic N) is 2. The van der Waals surface area contributed by atoms with Gasteiger partial charge >= 0.3 is 0 Å². The Morgan fingerprint density at radius 2 is 1.88 bits per heavy atom. The van der Waals surface area contributed by atoms with Gasteiger partial charge in [0.25, 0.3) is 6.43 Å². The lowest BCUT2D eigenvalue weighted by molar-refractivity contribution is 0.145. The van der Waals surface area contributed by atoms with E-state index in [1.807, 2.05) is 18.2 Å². The SMILES string of the molecule is FC(F)CNCc1ccc2nccnc2c1. The van der Waals surface area contributed by atoms with E-state index in [1.54, 1.807) is 12.4 Å². The van der Waals surface area contributed by atoms with E-state index >= 15 is 0 Å². The normalized spacial score (nSPS) is 11.2. The minimum Gasteiger partial charge on any atom is -0.307 e. The van der Waals surface area contributed by atoms with Gasteiger partial charge in [-0.25, -0.2) is 8.78 Å². The molecule has 0 saturated carbocycles. The smallest absolute Gasteiger partial charge is 0.250 e. The summed E-state index contributed by atoms with van der Waals surface area (Å²) in [6.07, 6.45) is 0.913. The van der Waals surface area contributed by atoms with Crippen LogP contribution in [-0.4, -0.2) is 22.9 Å². The molecular weight excluding hydrogens is 212 g/mol. The van der Waals surface area contributed by atoms with E-state index in [9.17, 15) is 8.78 Å². The molecule has 1 aromatic carbocycles. The average molecular weight is 223 g/mol. The molecule has 0 aliphatic rings. The van der Waals surface area contributed by atoms with Gasteiger partial charge in [-0.2, -0.15) is 0 Å². The Labute approximate surface area is 91.5 Å². The molecule has 16 heavy (non-hydrogen) atoms. The number of halogens is 2. The molecular formula is C11H11F2N3. The van der Waals surface area contributed by atoms with Gasteiger partial charge in [-0.1, -0.05) is 6.07 Å². The van der Waals surface area contributed by atoms with Crippen LogP contribution in [0.1, 0.15) is 5.56 Å². The van der Waals surface area contributed by atoms with Crippen LogP contribution in [0, 0.1) is 0 Å². The van der Waals surface area contributed by atoms with Gasteiger partial charge in [-0.3, -0.25) is 9.97 Å². The van der Waals surface area contributed by atoms with Crippen LogP contribution < -0.4 is 5.32 Å². The highest BCUT2D eigenvalue weighted by atomic mass is 19.3. The maximum Gasteiger partial charge on any atom is 0.250 e. The first-order chi connectivity index (χ1) is 7.75. The van der Waals surface area contributed by atoms with Crippen molar-refractivity contribution in [2.45, 2.75) is 13.0 Å². The van der Waals surface area contributed by atoms with E-state index in [-0.39, 0.29) is 6.54 Å². The van der Waals surface area contributed by atoms with Crippen LogP contribution in [0.15, 0.2) is 30.6 Å². The third-order valence-electron chi connectivity index (χ3n) is 2.16. The Morgan fingerprint density at radius 3 is 2.62 bits per heavy atom. The Bertz CT molecular complexity index is 473. The summed E-state index contributed by atoms with van der Waals surface area (Å²) in [5.74, 6) is 0. The molecule has 0 bridgehead atoms. The largest absolute Gasteiger partial charge is 0.307 e. The molecule has 2 aromatic rings. The molecule has 5 heteroatoms. The summed E-state index contributed by atoms with van der Waals surface area (Å²) in [5, 5.41) is 2.67. The summed E-state index contributed by atoms with van der Waals surface area (Å²) in [4.78, 5) is 8.27. The van der Waals surface area contributed by atoms with Crippen molar-refractivity contribution in [2.75, 3.05) is 6.54 Å². The highest BCUT2D eigenvalue weighted by Crippen LogP contribution is 2.10. The Kier molecular flexibility index (Phi) is 3.36. The first-order valence-electron chi connectivity index (χ1n) is 4.94. The monoisotopic (exact) mass is 223 g/mol. The van der Waals surface area contributed by atoms with Gasteiger partial charge in [0.05, 0.1) is 17.6 Å². The third kappa shape index (κ3) is 2.70. The Hall–Kier alpha value is -1.62. The number of hydrogen-bond acceptors (Lipinski definition) is 3. The number of fused-ring (bicyclic) bond motifs is 1. The molecule has 3 nitrogen and oxygen atoms in total. The molecule has 1 heterocycles. The predicted molar refractivity (Wildman–Crippen MR) is 57.2 cm³/mol. The molecule has 0 spiro atoms. The van der Waals surface area contributed by atoms with Crippen molar-refractivity contribution < 1.29 is 8.78 Å². The van der Waals surface area contributed by atoms with Crippen molar-refractivity contribution in [1.82, 2.24) is 15.3 Å². The van der Waals surface area contributed by atoms with Crippen molar-refractivity contribution in [3.05, 3.63) is 36.2 Å². The fourth-order valence-corrected chi connectivity index (χ4v) is 1.44. The van der Waals surface area contributed by atoms with Gasteiger partial charge < -0.3 is 5.32 Å². The molecule has 0 saturated heterocycles. The number of aromatic nitrogens is 2. The quantitative estimate of drug-likeness (QED) is 0.861. The molecule has 0 amide bonds. The lowest BCUT2D eigenvalue weighted by atomic mass is 10.2. The Balaban J connectivity index is 2.08. The van der Waals surface area contributed by atoms with E-state index in [1.165, 1.54) is 0 Å². The standard InChI is InChI=1S/C11H11F2N3/c12-11(13)7-14-6-8-1-2-9-10(5-8)16-4-3-15-9/h1-5,11,14H,6-7H2. The van der Waals surface area contributed by atoms with Gasteiger partial charge in [-0.15, -0.1) is 0 Å². The summed E-state index contributed by atoms with van der Waals surface area (Å²) in [6.45, 7) is 0.120. The maximum absolute atomic E-state index is 11.9. The number of alkyl halides is 2. The highest BCUT2D eigenvalue weighted by molar-refractivity contribution is 5.74. The summed E-state index contributed by atoms with van der Waals surface area (Å²) in [7, 11) is 0. The Morgan fingerprint density at radius 1 is 1.12 bits per heavy atom. The second-order valence-corrected chi connectivity index (χ2v) is 3.40. The van der Waals surface area contributed by atoms with E-state index in [4.69, 9.17) is 0 Å². The van der Waals surface area contributed by atoms with Gasteiger partial charge in [0.2, 0.25) is 0 Å². The molecule has 84 valence electrons. The first-order valence-corrected chi connectivity index (χ1v) is 4.94. The van der Waals surface area contributed by atoms with E-state index < -0.39 is 6.43 Å². The summed E-state index contributed by atoms with van der Waals surface area (Å²) in [5.41, 5.74) is 2.51. The summed E-state index contributed by atoms with van der Waals surface area (Å²) < 4.78 is 23.8. The minimum atomic E-state index is -2.32. The summed E-state index contributed by atoms with van der Waals surface area (Å²) in [6, 6.07) is 5.54.